The number of carbonyl (C=O) groups is 1. The number of amides is 1. The van der Waals surface area contributed by atoms with E-state index in [-0.39, 0.29) is 23.2 Å². The summed E-state index contributed by atoms with van der Waals surface area (Å²) in [5.74, 6) is -0.891. The summed E-state index contributed by atoms with van der Waals surface area (Å²) in [6.45, 7) is 5.42. The first-order chi connectivity index (χ1) is 13.9. The largest absolute Gasteiger partial charge is 0.299 e. The Morgan fingerprint density at radius 2 is 1.90 bits per heavy atom. The van der Waals surface area contributed by atoms with Gasteiger partial charge in [0.25, 0.3) is 5.56 Å². The van der Waals surface area contributed by atoms with E-state index < -0.39 is 5.56 Å². The van der Waals surface area contributed by atoms with Gasteiger partial charge in [-0.25, -0.2) is 13.6 Å². The highest BCUT2D eigenvalue weighted by Crippen LogP contribution is 2.29. The van der Waals surface area contributed by atoms with Gasteiger partial charge in [-0.15, -0.1) is 10.2 Å². The van der Waals surface area contributed by atoms with Gasteiger partial charge in [0, 0.05) is 12.1 Å². The molecular weight excluding hydrogens is 375 g/mol. The standard InChI is InChI=1S/C20H19FN6O2/c1-4-14-16(12-5-7-13(21)8-6-12)18-23-22-17-15(27(18)24-14)9-10-26(20(17)29)25-19(28)11(2)3/h5-11H,4H2,1-3H3,(H,25,28). The van der Waals surface area contributed by atoms with Gasteiger partial charge in [0.05, 0.1) is 11.3 Å². The van der Waals surface area contributed by atoms with Gasteiger partial charge in [0.15, 0.2) is 11.2 Å². The molecule has 148 valence electrons. The van der Waals surface area contributed by atoms with Gasteiger partial charge < -0.3 is 0 Å². The van der Waals surface area contributed by atoms with Crippen molar-refractivity contribution in [3.8, 4) is 11.1 Å². The summed E-state index contributed by atoms with van der Waals surface area (Å²) in [5, 5.41) is 12.9. The molecule has 8 nitrogen and oxygen atoms in total. The molecule has 0 bridgehead atoms. The Bertz CT molecular complexity index is 1290. The van der Waals surface area contributed by atoms with Gasteiger partial charge >= 0.3 is 0 Å². The smallest absolute Gasteiger partial charge is 0.273 e. The normalized spacial score (nSPS) is 11.5. The number of aromatic nitrogens is 5. The van der Waals surface area contributed by atoms with Crippen molar-refractivity contribution in [2.24, 2.45) is 5.92 Å². The molecule has 0 saturated carbocycles. The minimum absolute atomic E-state index is 0.0832. The third-order valence-electron chi connectivity index (χ3n) is 4.67. The molecule has 1 aromatic carbocycles. The molecule has 4 rings (SSSR count). The third-order valence-corrected chi connectivity index (χ3v) is 4.67. The van der Waals surface area contributed by atoms with Crippen molar-refractivity contribution in [1.29, 1.82) is 0 Å². The van der Waals surface area contributed by atoms with Crippen molar-refractivity contribution in [1.82, 2.24) is 24.5 Å². The minimum atomic E-state index is -0.497. The maximum Gasteiger partial charge on any atom is 0.299 e. The van der Waals surface area contributed by atoms with Crippen LogP contribution in [0.3, 0.4) is 0 Å². The average Bonchev–Trinajstić information content (AvgIpc) is 3.09. The molecule has 0 aliphatic rings. The summed E-state index contributed by atoms with van der Waals surface area (Å²) in [7, 11) is 0. The van der Waals surface area contributed by atoms with Gasteiger partial charge in [-0.05, 0) is 30.2 Å². The Morgan fingerprint density at radius 3 is 2.55 bits per heavy atom. The molecule has 0 unspecified atom stereocenters. The summed E-state index contributed by atoms with van der Waals surface area (Å²) >= 11 is 0. The highest BCUT2D eigenvalue weighted by molar-refractivity contribution is 5.87. The number of rotatable bonds is 4. The van der Waals surface area contributed by atoms with Crippen LogP contribution in [0.2, 0.25) is 0 Å². The molecule has 4 aromatic rings. The van der Waals surface area contributed by atoms with E-state index in [2.05, 4.69) is 20.7 Å². The SMILES string of the molecule is CCc1nn2c(nnc3c(=O)n(NC(=O)C(C)C)ccc32)c1-c1ccc(F)cc1. The molecule has 1 amide bonds. The lowest BCUT2D eigenvalue weighted by Gasteiger charge is -2.10. The molecule has 1 N–H and O–H groups in total. The van der Waals surface area contributed by atoms with E-state index in [1.807, 2.05) is 6.92 Å². The lowest BCUT2D eigenvalue weighted by molar-refractivity contribution is -0.119. The van der Waals surface area contributed by atoms with Crippen LogP contribution in [0, 0.1) is 11.7 Å². The molecule has 0 aliphatic heterocycles. The van der Waals surface area contributed by atoms with Crippen LogP contribution in [-0.4, -0.2) is 30.4 Å². The van der Waals surface area contributed by atoms with Crippen molar-refractivity contribution in [3.63, 3.8) is 0 Å². The highest BCUT2D eigenvalue weighted by atomic mass is 19.1. The fourth-order valence-electron chi connectivity index (χ4n) is 3.09. The summed E-state index contributed by atoms with van der Waals surface area (Å²) in [6.07, 6.45) is 2.09. The topological polar surface area (TPSA) is 94.2 Å². The van der Waals surface area contributed by atoms with E-state index in [1.165, 1.54) is 18.3 Å². The second-order valence-corrected chi connectivity index (χ2v) is 6.97. The summed E-state index contributed by atoms with van der Waals surface area (Å²) in [4.78, 5) is 24.7. The van der Waals surface area contributed by atoms with Crippen molar-refractivity contribution < 1.29 is 9.18 Å². The zero-order valence-corrected chi connectivity index (χ0v) is 16.2. The predicted octanol–water partition coefficient (Wildman–Crippen LogP) is 2.53. The van der Waals surface area contributed by atoms with Gasteiger partial charge in [0.1, 0.15) is 11.3 Å². The number of nitrogens with one attached hydrogen (secondary N) is 1. The van der Waals surface area contributed by atoms with E-state index in [0.717, 1.165) is 21.5 Å². The van der Waals surface area contributed by atoms with Crippen LogP contribution in [0.15, 0.2) is 41.3 Å². The molecule has 0 saturated heterocycles. The Kier molecular flexibility index (Phi) is 4.57. The molecular formula is C20H19FN6O2. The molecule has 3 heterocycles. The molecule has 0 atom stereocenters. The zero-order chi connectivity index (χ0) is 20.7. The number of halogens is 1. The van der Waals surface area contributed by atoms with Crippen LogP contribution < -0.4 is 11.0 Å². The number of hydrogen-bond acceptors (Lipinski definition) is 5. The quantitative estimate of drug-likeness (QED) is 0.574. The number of benzene rings is 1. The van der Waals surface area contributed by atoms with E-state index in [9.17, 15) is 14.0 Å². The van der Waals surface area contributed by atoms with E-state index >= 15 is 0 Å². The Morgan fingerprint density at radius 1 is 1.17 bits per heavy atom. The van der Waals surface area contributed by atoms with Crippen LogP contribution in [0.4, 0.5) is 4.39 Å². The fraction of sp³-hybridized carbons (Fsp3) is 0.250. The number of pyridine rings is 1. The molecule has 29 heavy (non-hydrogen) atoms. The number of carbonyl (C=O) groups excluding carboxylic acids is 1. The first-order valence-corrected chi connectivity index (χ1v) is 9.27. The van der Waals surface area contributed by atoms with E-state index in [1.54, 1.807) is 36.6 Å². The van der Waals surface area contributed by atoms with Gasteiger partial charge in [-0.3, -0.25) is 15.0 Å². The van der Waals surface area contributed by atoms with E-state index in [4.69, 9.17) is 0 Å². The van der Waals surface area contributed by atoms with Crippen molar-refractivity contribution in [2.75, 3.05) is 5.43 Å². The maximum absolute atomic E-state index is 13.3. The lowest BCUT2D eigenvalue weighted by atomic mass is 10.0. The summed E-state index contributed by atoms with van der Waals surface area (Å²) < 4.78 is 16.0. The van der Waals surface area contributed by atoms with Crippen LogP contribution >= 0.6 is 0 Å². The van der Waals surface area contributed by atoms with Crippen molar-refractivity contribution in [3.05, 3.63) is 58.4 Å². The van der Waals surface area contributed by atoms with Crippen molar-refractivity contribution >= 4 is 22.6 Å². The number of fused-ring (bicyclic) bond motifs is 3. The Labute approximate surface area is 165 Å². The van der Waals surface area contributed by atoms with E-state index in [0.29, 0.717) is 17.6 Å². The maximum atomic E-state index is 13.3. The molecule has 3 aromatic heterocycles. The van der Waals surface area contributed by atoms with Gasteiger partial charge in [-0.1, -0.05) is 32.9 Å². The number of hydrogen-bond donors (Lipinski definition) is 1. The molecule has 9 heteroatoms. The molecule has 0 radical (unpaired) electrons. The number of aryl methyl sites for hydroxylation is 1. The third kappa shape index (κ3) is 3.14. The van der Waals surface area contributed by atoms with Crippen LogP contribution in [-0.2, 0) is 11.2 Å². The lowest BCUT2D eigenvalue weighted by Crippen LogP contribution is -2.35. The van der Waals surface area contributed by atoms with Crippen LogP contribution in [0.1, 0.15) is 26.5 Å². The second-order valence-electron chi connectivity index (χ2n) is 6.97. The predicted molar refractivity (Wildman–Crippen MR) is 107 cm³/mol. The summed E-state index contributed by atoms with van der Waals surface area (Å²) in [5.41, 5.74) is 5.35. The molecule has 0 aliphatic carbocycles. The monoisotopic (exact) mass is 394 g/mol. The van der Waals surface area contributed by atoms with Crippen LogP contribution in [0.25, 0.3) is 27.8 Å². The minimum Gasteiger partial charge on any atom is -0.273 e. The van der Waals surface area contributed by atoms with Crippen molar-refractivity contribution in [2.45, 2.75) is 27.2 Å². The first kappa shape index (κ1) is 18.7. The van der Waals surface area contributed by atoms with Gasteiger partial charge in [0.2, 0.25) is 5.91 Å². The Hall–Kier alpha value is -3.62. The zero-order valence-electron chi connectivity index (χ0n) is 16.2. The van der Waals surface area contributed by atoms with Crippen LogP contribution in [0.5, 0.6) is 0 Å². The first-order valence-electron chi connectivity index (χ1n) is 9.27. The Balaban J connectivity index is 1.93. The molecule has 0 spiro atoms. The average molecular weight is 394 g/mol. The second kappa shape index (κ2) is 7.08. The number of nitrogens with zero attached hydrogens (tertiary/aromatic N) is 5. The highest BCUT2D eigenvalue weighted by Gasteiger charge is 2.19. The molecule has 0 fully saturated rings. The van der Waals surface area contributed by atoms with Gasteiger partial charge in [-0.2, -0.15) is 5.10 Å². The summed E-state index contributed by atoms with van der Waals surface area (Å²) in [6, 6.07) is 7.74. The fourth-order valence-corrected chi connectivity index (χ4v) is 3.09.